The molecule has 4 aromatic rings. The standard InChI is InChI=1S/C29H26N2O4/c1-34-29(33)23-14-8-16-24-22(23)15-9-19-31(24)26(32)18-17-25-30-27(20-10-4-2-5-11-20)28(35-25)21-12-6-3-7-13-21/h2-8,10-14,16H,9,15,17-19H2,1H3. The van der Waals surface area contributed by atoms with Crippen molar-refractivity contribution in [2.75, 3.05) is 18.6 Å². The maximum atomic E-state index is 13.3. The quantitative estimate of drug-likeness (QED) is 0.341. The molecule has 0 saturated carbocycles. The van der Waals surface area contributed by atoms with Crippen LogP contribution in [0.4, 0.5) is 5.69 Å². The Morgan fingerprint density at radius 3 is 2.37 bits per heavy atom. The average Bonchev–Trinajstić information content (AvgIpc) is 3.36. The van der Waals surface area contributed by atoms with Crippen molar-refractivity contribution in [1.82, 2.24) is 4.98 Å². The number of anilines is 1. The van der Waals surface area contributed by atoms with Crippen molar-refractivity contribution < 1.29 is 18.7 Å². The molecule has 0 fully saturated rings. The highest BCUT2D eigenvalue weighted by Crippen LogP contribution is 2.34. The van der Waals surface area contributed by atoms with Crippen molar-refractivity contribution in [3.8, 4) is 22.6 Å². The van der Waals surface area contributed by atoms with Gasteiger partial charge in [0, 0.05) is 36.2 Å². The fraction of sp³-hybridized carbons (Fsp3) is 0.207. The Balaban J connectivity index is 1.39. The monoisotopic (exact) mass is 466 g/mol. The molecule has 5 rings (SSSR count). The Morgan fingerprint density at radius 2 is 1.66 bits per heavy atom. The fourth-order valence-corrected chi connectivity index (χ4v) is 4.58. The van der Waals surface area contributed by atoms with Crippen molar-refractivity contribution in [2.24, 2.45) is 0 Å². The lowest BCUT2D eigenvalue weighted by Gasteiger charge is -2.30. The smallest absolute Gasteiger partial charge is 0.338 e. The van der Waals surface area contributed by atoms with E-state index in [1.165, 1.54) is 7.11 Å². The molecule has 0 N–H and O–H groups in total. The molecule has 1 amide bonds. The third-order valence-electron chi connectivity index (χ3n) is 6.26. The second-order valence-electron chi connectivity index (χ2n) is 8.46. The zero-order chi connectivity index (χ0) is 24.2. The van der Waals surface area contributed by atoms with Gasteiger partial charge in [-0.3, -0.25) is 4.79 Å². The van der Waals surface area contributed by atoms with E-state index in [-0.39, 0.29) is 18.3 Å². The van der Waals surface area contributed by atoms with E-state index in [0.717, 1.165) is 40.9 Å². The van der Waals surface area contributed by atoms with Gasteiger partial charge in [0.1, 0.15) is 5.69 Å². The number of benzene rings is 3. The molecule has 0 bridgehead atoms. The number of carbonyl (C=O) groups excluding carboxylic acids is 2. The number of amides is 1. The summed E-state index contributed by atoms with van der Waals surface area (Å²) in [5.41, 5.74) is 4.85. The van der Waals surface area contributed by atoms with E-state index in [2.05, 4.69) is 0 Å². The molecule has 6 heteroatoms. The molecule has 0 atom stereocenters. The van der Waals surface area contributed by atoms with Crippen LogP contribution in [0.5, 0.6) is 0 Å². The van der Waals surface area contributed by atoms with Gasteiger partial charge in [0.05, 0.1) is 12.7 Å². The van der Waals surface area contributed by atoms with E-state index in [1.807, 2.05) is 66.7 Å². The molecule has 6 nitrogen and oxygen atoms in total. The zero-order valence-electron chi connectivity index (χ0n) is 19.6. The number of hydrogen-bond acceptors (Lipinski definition) is 5. The largest absolute Gasteiger partial charge is 0.465 e. The molecule has 1 aromatic heterocycles. The molecule has 2 heterocycles. The van der Waals surface area contributed by atoms with E-state index < -0.39 is 0 Å². The maximum Gasteiger partial charge on any atom is 0.338 e. The van der Waals surface area contributed by atoms with Gasteiger partial charge in [-0.05, 0) is 30.5 Å². The van der Waals surface area contributed by atoms with Crippen molar-refractivity contribution >= 4 is 17.6 Å². The van der Waals surface area contributed by atoms with Gasteiger partial charge in [-0.1, -0.05) is 66.7 Å². The summed E-state index contributed by atoms with van der Waals surface area (Å²) in [6.07, 6.45) is 2.17. The van der Waals surface area contributed by atoms with Crippen molar-refractivity contribution in [2.45, 2.75) is 25.7 Å². The third-order valence-corrected chi connectivity index (χ3v) is 6.26. The summed E-state index contributed by atoms with van der Waals surface area (Å²) in [5.74, 6) is 0.827. The fourth-order valence-electron chi connectivity index (χ4n) is 4.58. The first-order valence-electron chi connectivity index (χ1n) is 11.8. The number of aryl methyl sites for hydroxylation is 1. The lowest BCUT2D eigenvalue weighted by molar-refractivity contribution is -0.118. The number of esters is 1. The summed E-state index contributed by atoms with van der Waals surface area (Å²) < 4.78 is 11.1. The van der Waals surface area contributed by atoms with Crippen molar-refractivity contribution in [3.05, 3.63) is 95.9 Å². The maximum absolute atomic E-state index is 13.3. The van der Waals surface area contributed by atoms with E-state index >= 15 is 0 Å². The van der Waals surface area contributed by atoms with Gasteiger partial charge in [-0.15, -0.1) is 0 Å². The molecule has 0 aliphatic carbocycles. The normalized spacial score (nSPS) is 12.8. The number of nitrogens with zero attached hydrogens (tertiary/aromatic N) is 2. The number of carbonyl (C=O) groups is 2. The first kappa shape index (κ1) is 22.6. The van der Waals surface area contributed by atoms with Gasteiger partial charge in [0.2, 0.25) is 5.91 Å². The van der Waals surface area contributed by atoms with E-state index in [1.54, 1.807) is 17.0 Å². The molecular weight excluding hydrogens is 440 g/mol. The van der Waals surface area contributed by atoms with E-state index in [0.29, 0.717) is 30.2 Å². The first-order valence-corrected chi connectivity index (χ1v) is 11.8. The van der Waals surface area contributed by atoms with Gasteiger partial charge >= 0.3 is 5.97 Å². The average molecular weight is 467 g/mol. The van der Waals surface area contributed by atoms with Crippen LogP contribution < -0.4 is 4.90 Å². The topological polar surface area (TPSA) is 72.6 Å². The zero-order valence-corrected chi connectivity index (χ0v) is 19.6. The summed E-state index contributed by atoms with van der Waals surface area (Å²) in [5, 5.41) is 0. The predicted octanol–water partition coefficient (Wildman–Crippen LogP) is 5.71. The number of methoxy groups -OCH3 is 1. The highest BCUT2D eigenvalue weighted by Gasteiger charge is 2.27. The molecule has 0 spiro atoms. The minimum atomic E-state index is -0.377. The molecule has 176 valence electrons. The Bertz CT molecular complexity index is 1290. The molecular formula is C29H26N2O4. The van der Waals surface area contributed by atoms with E-state index in [9.17, 15) is 9.59 Å². The van der Waals surface area contributed by atoms with Crippen LogP contribution in [0, 0.1) is 0 Å². The molecule has 0 saturated heterocycles. The van der Waals surface area contributed by atoms with Crippen LogP contribution in [0.2, 0.25) is 0 Å². The third kappa shape index (κ3) is 4.60. The van der Waals surface area contributed by atoms with Crippen LogP contribution in [0.1, 0.15) is 34.7 Å². The summed E-state index contributed by atoms with van der Waals surface area (Å²) in [6.45, 7) is 0.618. The lowest BCUT2D eigenvalue weighted by atomic mass is 9.96. The molecule has 1 aliphatic heterocycles. The minimum Gasteiger partial charge on any atom is -0.465 e. The van der Waals surface area contributed by atoms with Gasteiger partial charge in [-0.25, -0.2) is 9.78 Å². The second kappa shape index (κ2) is 9.97. The molecule has 1 aliphatic rings. The van der Waals surface area contributed by atoms with Crippen LogP contribution in [0.15, 0.2) is 83.3 Å². The Labute approximate surface area is 204 Å². The van der Waals surface area contributed by atoms with Gasteiger partial charge in [0.25, 0.3) is 0 Å². The number of hydrogen-bond donors (Lipinski definition) is 0. The molecule has 0 unspecified atom stereocenters. The van der Waals surface area contributed by atoms with E-state index in [4.69, 9.17) is 14.1 Å². The summed E-state index contributed by atoms with van der Waals surface area (Å²) >= 11 is 0. The molecule has 0 radical (unpaired) electrons. The van der Waals surface area contributed by atoms with Crippen LogP contribution in [-0.4, -0.2) is 30.5 Å². The predicted molar refractivity (Wildman–Crippen MR) is 134 cm³/mol. The Kier molecular flexibility index (Phi) is 6.44. The highest BCUT2D eigenvalue weighted by atomic mass is 16.5. The summed E-state index contributed by atoms with van der Waals surface area (Å²) in [4.78, 5) is 32.0. The number of rotatable bonds is 6. The van der Waals surface area contributed by atoms with Gasteiger partial charge in [-0.2, -0.15) is 0 Å². The Morgan fingerprint density at radius 1 is 0.943 bits per heavy atom. The Hall–Kier alpha value is -4.19. The summed E-state index contributed by atoms with van der Waals surface area (Å²) in [7, 11) is 1.37. The highest BCUT2D eigenvalue weighted by molar-refractivity contribution is 5.98. The van der Waals surface area contributed by atoms with Crippen LogP contribution in [-0.2, 0) is 22.4 Å². The minimum absolute atomic E-state index is 0.0197. The van der Waals surface area contributed by atoms with Crippen LogP contribution >= 0.6 is 0 Å². The van der Waals surface area contributed by atoms with Gasteiger partial charge in [0.15, 0.2) is 11.7 Å². The van der Waals surface area contributed by atoms with Crippen LogP contribution in [0.3, 0.4) is 0 Å². The molecule has 3 aromatic carbocycles. The van der Waals surface area contributed by atoms with Gasteiger partial charge < -0.3 is 14.1 Å². The number of fused-ring (bicyclic) bond motifs is 1. The number of aromatic nitrogens is 1. The molecule has 35 heavy (non-hydrogen) atoms. The second-order valence-corrected chi connectivity index (χ2v) is 8.46. The van der Waals surface area contributed by atoms with Crippen molar-refractivity contribution in [3.63, 3.8) is 0 Å². The lowest BCUT2D eigenvalue weighted by Crippen LogP contribution is -2.36. The van der Waals surface area contributed by atoms with Crippen LogP contribution in [0.25, 0.3) is 22.6 Å². The number of oxazole rings is 1. The summed E-state index contributed by atoms with van der Waals surface area (Å²) in [6, 6.07) is 25.2. The number of ether oxygens (including phenoxy) is 1. The first-order chi connectivity index (χ1) is 17.2. The SMILES string of the molecule is COC(=O)c1cccc2c1CCCN2C(=O)CCc1nc(-c2ccccc2)c(-c2ccccc2)o1. The van der Waals surface area contributed by atoms with Crippen molar-refractivity contribution in [1.29, 1.82) is 0 Å².